The van der Waals surface area contributed by atoms with Crippen molar-refractivity contribution in [2.75, 3.05) is 33.0 Å². The summed E-state index contributed by atoms with van der Waals surface area (Å²) in [6, 6.07) is 7.57. The third-order valence-electron chi connectivity index (χ3n) is 4.55. The van der Waals surface area contributed by atoms with Crippen LogP contribution in [0.1, 0.15) is 15.9 Å². The lowest BCUT2D eigenvalue weighted by atomic mass is 10.1. The Balaban J connectivity index is 1.35. The molecular formula is C18H17Cl2N3O3. The minimum Gasteiger partial charge on any atom is -0.454 e. The van der Waals surface area contributed by atoms with E-state index >= 15 is 0 Å². The van der Waals surface area contributed by atoms with Crippen molar-refractivity contribution in [3.8, 4) is 11.5 Å². The van der Waals surface area contributed by atoms with Crippen molar-refractivity contribution in [3.63, 3.8) is 0 Å². The predicted molar refractivity (Wildman–Crippen MR) is 98.0 cm³/mol. The molecule has 4 rings (SSSR count). The number of fused-ring (bicyclic) bond motifs is 1. The Labute approximate surface area is 161 Å². The molecule has 0 N–H and O–H groups in total. The molecule has 6 nitrogen and oxygen atoms in total. The van der Waals surface area contributed by atoms with E-state index in [1.807, 2.05) is 23.1 Å². The van der Waals surface area contributed by atoms with Gasteiger partial charge in [0.25, 0.3) is 5.91 Å². The van der Waals surface area contributed by atoms with E-state index in [9.17, 15) is 4.79 Å². The topological polar surface area (TPSA) is 54.9 Å². The van der Waals surface area contributed by atoms with Gasteiger partial charge in [0.05, 0.1) is 10.6 Å². The molecule has 0 spiro atoms. The number of piperazine rings is 1. The van der Waals surface area contributed by atoms with Crippen molar-refractivity contribution < 1.29 is 14.3 Å². The van der Waals surface area contributed by atoms with E-state index in [4.69, 9.17) is 32.7 Å². The van der Waals surface area contributed by atoms with Crippen LogP contribution in [0.15, 0.2) is 30.5 Å². The lowest BCUT2D eigenvalue weighted by molar-refractivity contribution is 0.0628. The number of nitrogens with zero attached hydrogens (tertiary/aromatic N) is 3. The van der Waals surface area contributed by atoms with Gasteiger partial charge in [0, 0.05) is 38.9 Å². The van der Waals surface area contributed by atoms with Gasteiger partial charge in [-0.25, -0.2) is 4.98 Å². The molecule has 0 bridgehead atoms. The highest BCUT2D eigenvalue weighted by Crippen LogP contribution is 2.32. The highest BCUT2D eigenvalue weighted by molar-refractivity contribution is 6.41. The van der Waals surface area contributed by atoms with Gasteiger partial charge in [-0.1, -0.05) is 29.3 Å². The molecule has 2 aromatic rings. The maximum atomic E-state index is 12.6. The quantitative estimate of drug-likeness (QED) is 0.749. The molecule has 0 aliphatic carbocycles. The summed E-state index contributed by atoms with van der Waals surface area (Å²) >= 11 is 11.8. The summed E-state index contributed by atoms with van der Waals surface area (Å²) in [6.07, 6.45) is 1.47. The molecule has 0 radical (unpaired) electrons. The minimum absolute atomic E-state index is 0.0706. The van der Waals surface area contributed by atoms with Crippen LogP contribution in [0.2, 0.25) is 10.2 Å². The fraction of sp³-hybridized carbons (Fsp3) is 0.333. The molecule has 2 aliphatic rings. The molecule has 0 unspecified atom stereocenters. The molecule has 26 heavy (non-hydrogen) atoms. The molecule has 136 valence electrons. The number of ether oxygens (including phenoxy) is 2. The van der Waals surface area contributed by atoms with Crippen molar-refractivity contribution in [2.24, 2.45) is 0 Å². The fourth-order valence-corrected chi connectivity index (χ4v) is 3.40. The zero-order chi connectivity index (χ0) is 18.1. The maximum absolute atomic E-state index is 12.6. The van der Waals surface area contributed by atoms with Crippen LogP contribution in [0.25, 0.3) is 0 Å². The highest BCUT2D eigenvalue weighted by atomic mass is 35.5. The summed E-state index contributed by atoms with van der Waals surface area (Å²) < 4.78 is 10.8. The van der Waals surface area contributed by atoms with Crippen LogP contribution >= 0.6 is 23.2 Å². The van der Waals surface area contributed by atoms with Crippen LogP contribution in [0.3, 0.4) is 0 Å². The van der Waals surface area contributed by atoms with E-state index in [0.29, 0.717) is 23.7 Å². The smallest absolute Gasteiger partial charge is 0.255 e. The Morgan fingerprint density at radius 2 is 1.85 bits per heavy atom. The molecule has 1 saturated heterocycles. The summed E-state index contributed by atoms with van der Waals surface area (Å²) in [6.45, 7) is 4.01. The number of amides is 1. The van der Waals surface area contributed by atoms with Gasteiger partial charge >= 0.3 is 0 Å². The number of carbonyl (C=O) groups is 1. The average molecular weight is 394 g/mol. The second kappa shape index (κ2) is 7.31. The number of carbonyl (C=O) groups excluding carboxylic acids is 1. The SMILES string of the molecule is O=C(c1cnc(Cl)c(Cl)c1)N1CCN(Cc2ccc3c(c2)OCO3)CC1. The normalized spacial score (nSPS) is 16.8. The summed E-state index contributed by atoms with van der Waals surface area (Å²) in [5, 5.41) is 0.496. The first-order valence-corrected chi connectivity index (χ1v) is 9.07. The van der Waals surface area contributed by atoms with E-state index in [1.165, 1.54) is 11.8 Å². The molecule has 8 heteroatoms. The van der Waals surface area contributed by atoms with E-state index in [2.05, 4.69) is 9.88 Å². The summed E-state index contributed by atoms with van der Waals surface area (Å²) in [7, 11) is 0. The zero-order valence-electron chi connectivity index (χ0n) is 14.0. The van der Waals surface area contributed by atoms with E-state index in [-0.39, 0.29) is 17.9 Å². The Bertz CT molecular complexity index is 838. The predicted octanol–water partition coefficient (Wildman–Crippen LogP) is 3.08. The third kappa shape index (κ3) is 3.58. The number of pyridine rings is 1. The lowest BCUT2D eigenvalue weighted by Gasteiger charge is -2.34. The van der Waals surface area contributed by atoms with Crippen molar-refractivity contribution in [1.82, 2.24) is 14.8 Å². The van der Waals surface area contributed by atoms with Gasteiger partial charge in [0.2, 0.25) is 6.79 Å². The Kier molecular flexibility index (Phi) is 4.89. The number of hydrogen-bond acceptors (Lipinski definition) is 5. The minimum atomic E-state index is -0.0706. The largest absolute Gasteiger partial charge is 0.454 e. The fourth-order valence-electron chi connectivity index (χ4n) is 3.13. The summed E-state index contributed by atoms with van der Waals surface area (Å²) in [5.41, 5.74) is 1.63. The van der Waals surface area contributed by atoms with Gasteiger partial charge in [-0.05, 0) is 23.8 Å². The molecule has 2 aliphatic heterocycles. The first-order chi connectivity index (χ1) is 12.6. The van der Waals surface area contributed by atoms with Gasteiger partial charge < -0.3 is 14.4 Å². The van der Waals surface area contributed by atoms with Gasteiger partial charge in [-0.3, -0.25) is 9.69 Å². The molecule has 1 amide bonds. The first-order valence-electron chi connectivity index (χ1n) is 8.31. The van der Waals surface area contributed by atoms with E-state index in [0.717, 1.165) is 31.1 Å². The second-order valence-electron chi connectivity index (χ2n) is 6.25. The summed E-state index contributed by atoms with van der Waals surface area (Å²) in [4.78, 5) is 20.7. The molecule has 1 fully saturated rings. The molecule has 1 aromatic heterocycles. The molecule has 3 heterocycles. The highest BCUT2D eigenvalue weighted by Gasteiger charge is 2.23. The van der Waals surface area contributed by atoms with Crippen LogP contribution in [0.5, 0.6) is 11.5 Å². The number of hydrogen-bond donors (Lipinski definition) is 0. The van der Waals surface area contributed by atoms with Gasteiger partial charge in [0.15, 0.2) is 11.5 Å². The zero-order valence-corrected chi connectivity index (χ0v) is 15.5. The molecule has 0 atom stereocenters. The van der Waals surface area contributed by atoms with Gasteiger partial charge in [-0.15, -0.1) is 0 Å². The number of halogens is 2. The van der Waals surface area contributed by atoms with Gasteiger partial charge in [-0.2, -0.15) is 0 Å². The number of aromatic nitrogens is 1. The van der Waals surface area contributed by atoms with Crippen LogP contribution in [-0.2, 0) is 6.54 Å². The Hall–Kier alpha value is -2.02. The van der Waals surface area contributed by atoms with Crippen molar-refractivity contribution in [2.45, 2.75) is 6.54 Å². The number of benzene rings is 1. The van der Waals surface area contributed by atoms with E-state index in [1.54, 1.807) is 6.07 Å². The van der Waals surface area contributed by atoms with Gasteiger partial charge in [0.1, 0.15) is 5.15 Å². The van der Waals surface area contributed by atoms with Crippen LogP contribution in [0.4, 0.5) is 0 Å². The molecular weight excluding hydrogens is 377 g/mol. The average Bonchev–Trinajstić information content (AvgIpc) is 3.12. The van der Waals surface area contributed by atoms with Crippen LogP contribution < -0.4 is 9.47 Å². The van der Waals surface area contributed by atoms with Crippen LogP contribution in [-0.4, -0.2) is 53.7 Å². The van der Waals surface area contributed by atoms with E-state index < -0.39 is 0 Å². The van der Waals surface area contributed by atoms with Crippen molar-refractivity contribution in [1.29, 1.82) is 0 Å². The maximum Gasteiger partial charge on any atom is 0.255 e. The molecule has 0 saturated carbocycles. The van der Waals surface area contributed by atoms with Crippen molar-refractivity contribution in [3.05, 3.63) is 51.8 Å². The first kappa shape index (κ1) is 17.4. The van der Waals surface area contributed by atoms with Crippen molar-refractivity contribution >= 4 is 29.1 Å². The van der Waals surface area contributed by atoms with Crippen LogP contribution in [0, 0.1) is 0 Å². The lowest BCUT2D eigenvalue weighted by Crippen LogP contribution is -2.48. The number of rotatable bonds is 3. The second-order valence-corrected chi connectivity index (χ2v) is 7.02. The standard InChI is InChI=1S/C18H17Cl2N3O3/c19-14-8-13(9-21-17(14)20)18(24)23-5-3-22(4-6-23)10-12-1-2-15-16(7-12)26-11-25-15/h1-2,7-9H,3-6,10-11H2. The Morgan fingerprint density at radius 3 is 2.62 bits per heavy atom. The third-order valence-corrected chi connectivity index (χ3v) is 5.23. The summed E-state index contributed by atoms with van der Waals surface area (Å²) in [5.74, 6) is 1.52. The Morgan fingerprint density at radius 1 is 1.08 bits per heavy atom. The molecule has 1 aromatic carbocycles. The monoisotopic (exact) mass is 393 g/mol.